The Morgan fingerprint density at radius 3 is 2.45 bits per heavy atom. The summed E-state index contributed by atoms with van der Waals surface area (Å²) in [7, 11) is 0. The highest BCUT2D eigenvalue weighted by atomic mass is 19.1. The normalized spacial score (nSPS) is 10.7. The van der Waals surface area contributed by atoms with E-state index in [0.717, 1.165) is 0 Å². The lowest BCUT2D eigenvalue weighted by molar-refractivity contribution is 0.104. The van der Waals surface area contributed by atoms with Crippen molar-refractivity contribution in [3.8, 4) is 0 Å². The summed E-state index contributed by atoms with van der Waals surface area (Å²) in [5, 5.41) is 0.988. The minimum atomic E-state index is -0.351. The number of hydrogen-bond acceptors (Lipinski definition) is 3. The maximum Gasteiger partial charge on any atom is 0.197 e. The number of fused-ring (bicyclic) bond motifs is 1. The Morgan fingerprint density at radius 1 is 0.950 bits per heavy atom. The molecule has 0 spiro atoms. The minimum Gasteiger partial charge on any atom is -0.383 e. The average molecular weight is 266 g/mol. The predicted octanol–water partition coefficient (Wildman–Crippen LogP) is 3.19. The molecule has 98 valence electrons. The number of pyridine rings is 1. The Balaban J connectivity index is 2.23. The quantitative estimate of drug-likeness (QED) is 0.725. The molecule has 20 heavy (non-hydrogen) atoms. The molecule has 1 aromatic heterocycles. The number of benzene rings is 2. The number of carbonyl (C=O) groups is 1. The number of hydrogen-bond donors (Lipinski definition) is 1. The lowest BCUT2D eigenvalue weighted by atomic mass is 9.97. The fourth-order valence-electron chi connectivity index (χ4n) is 2.21. The third-order valence-corrected chi connectivity index (χ3v) is 3.20. The van der Waals surface area contributed by atoms with Crippen LogP contribution in [0.3, 0.4) is 0 Å². The van der Waals surface area contributed by atoms with Crippen LogP contribution in [0, 0.1) is 5.82 Å². The SMILES string of the molecule is Nc1ncccc1C(=O)c1ccc(F)c2ccccc12. The van der Waals surface area contributed by atoms with Crippen molar-refractivity contribution in [2.45, 2.75) is 0 Å². The number of nitrogens with two attached hydrogens (primary N) is 1. The number of carbonyl (C=O) groups excluding carboxylic acids is 1. The fraction of sp³-hybridized carbons (Fsp3) is 0. The van der Waals surface area contributed by atoms with Gasteiger partial charge in [-0.1, -0.05) is 24.3 Å². The van der Waals surface area contributed by atoms with Gasteiger partial charge in [-0.05, 0) is 29.7 Å². The number of nitrogen functional groups attached to an aromatic ring is 1. The van der Waals surface area contributed by atoms with E-state index in [1.54, 1.807) is 36.4 Å². The van der Waals surface area contributed by atoms with Gasteiger partial charge in [0, 0.05) is 17.1 Å². The monoisotopic (exact) mass is 266 g/mol. The first kappa shape index (κ1) is 12.3. The molecule has 2 aromatic carbocycles. The molecule has 4 heteroatoms. The molecular weight excluding hydrogens is 255 g/mol. The molecule has 0 aliphatic rings. The number of ketones is 1. The maximum atomic E-state index is 13.8. The maximum absolute atomic E-state index is 13.8. The van der Waals surface area contributed by atoms with Gasteiger partial charge in [-0.25, -0.2) is 9.37 Å². The Bertz CT molecular complexity index is 814. The van der Waals surface area contributed by atoms with E-state index < -0.39 is 0 Å². The zero-order chi connectivity index (χ0) is 14.1. The molecule has 0 saturated carbocycles. The van der Waals surface area contributed by atoms with Crippen molar-refractivity contribution >= 4 is 22.4 Å². The van der Waals surface area contributed by atoms with E-state index in [4.69, 9.17) is 5.73 Å². The summed E-state index contributed by atoms with van der Waals surface area (Å²) in [5.41, 5.74) is 6.47. The molecule has 0 amide bonds. The van der Waals surface area contributed by atoms with Gasteiger partial charge >= 0.3 is 0 Å². The van der Waals surface area contributed by atoms with E-state index in [0.29, 0.717) is 21.9 Å². The topological polar surface area (TPSA) is 56.0 Å². The number of halogens is 1. The minimum absolute atomic E-state index is 0.172. The summed E-state index contributed by atoms with van der Waals surface area (Å²) < 4.78 is 13.8. The number of anilines is 1. The van der Waals surface area contributed by atoms with Crippen LogP contribution >= 0.6 is 0 Å². The van der Waals surface area contributed by atoms with Gasteiger partial charge in [-0.15, -0.1) is 0 Å². The van der Waals surface area contributed by atoms with E-state index >= 15 is 0 Å². The standard InChI is InChI=1S/C16H11FN2O/c17-14-8-7-12(10-4-1-2-5-11(10)14)15(20)13-6-3-9-19-16(13)18/h1-9H,(H2,18,19). The van der Waals surface area contributed by atoms with Crippen LogP contribution in [0.5, 0.6) is 0 Å². The van der Waals surface area contributed by atoms with Gasteiger partial charge in [0.15, 0.2) is 5.78 Å². The summed E-state index contributed by atoms with van der Waals surface area (Å²) in [6.45, 7) is 0. The van der Waals surface area contributed by atoms with Gasteiger partial charge in [0.05, 0.1) is 5.56 Å². The first-order chi connectivity index (χ1) is 9.68. The van der Waals surface area contributed by atoms with Crippen LogP contribution in [0.1, 0.15) is 15.9 Å². The molecule has 0 bridgehead atoms. The van der Waals surface area contributed by atoms with Gasteiger partial charge in [-0.3, -0.25) is 4.79 Å². The van der Waals surface area contributed by atoms with Crippen LogP contribution in [-0.2, 0) is 0 Å². The summed E-state index contributed by atoms with van der Waals surface area (Å²) in [6, 6.07) is 12.9. The van der Waals surface area contributed by atoms with Crippen molar-refractivity contribution < 1.29 is 9.18 Å². The lowest BCUT2D eigenvalue weighted by Gasteiger charge is -2.08. The third-order valence-electron chi connectivity index (χ3n) is 3.20. The van der Waals surface area contributed by atoms with Crippen LogP contribution in [0.25, 0.3) is 10.8 Å². The summed E-state index contributed by atoms with van der Waals surface area (Å²) in [4.78, 5) is 16.5. The van der Waals surface area contributed by atoms with Gasteiger partial charge in [0.2, 0.25) is 0 Å². The molecule has 0 fully saturated rings. The van der Waals surface area contributed by atoms with Gasteiger partial charge in [0.25, 0.3) is 0 Å². The third kappa shape index (κ3) is 1.91. The van der Waals surface area contributed by atoms with Crippen molar-refractivity contribution in [2.75, 3.05) is 5.73 Å². The first-order valence-electron chi connectivity index (χ1n) is 6.11. The van der Waals surface area contributed by atoms with Crippen molar-refractivity contribution in [1.29, 1.82) is 0 Å². The van der Waals surface area contributed by atoms with Crippen molar-refractivity contribution in [3.63, 3.8) is 0 Å². The molecule has 3 aromatic rings. The fourth-order valence-corrected chi connectivity index (χ4v) is 2.21. The predicted molar refractivity (Wildman–Crippen MR) is 76.0 cm³/mol. The molecular formula is C16H11FN2O. The largest absolute Gasteiger partial charge is 0.383 e. The van der Waals surface area contributed by atoms with Crippen LogP contribution in [0.15, 0.2) is 54.7 Å². The molecule has 1 heterocycles. The highest BCUT2D eigenvalue weighted by molar-refractivity contribution is 6.18. The summed E-state index contributed by atoms with van der Waals surface area (Å²) in [6.07, 6.45) is 1.52. The lowest BCUT2D eigenvalue weighted by Crippen LogP contribution is -2.07. The first-order valence-corrected chi connectivity index (χ1v) is 6.11. The zero-order valence-corrected chi connectivity index (χ0v) is 10.5. The van der Waals surface area contributed by atoms with Crippen molar-refractivity contribution in [1.82, 2.24) is 4.98 Å². The Hall–Kier alpha value is -2.75. The van der Waals surface area contributed by atoms with Crippen LogP contribution < -0.4 is 5.73 Å². The summed E-state index contributed by atoms with van der Waals surface area (Å²) >= 11 is 0. The molecule has 0 aliphatic heterocycles. The van der Waals surface area contributed by atoms with E-state index in [2.05, 4.69) is 4.98 Å². The van der Waals surface area contributed by atoms with Crippen LogP contribution in [0.4, 0.5) is 10.2 Å². The highest BCUT2D eigenvalue weighted by Gasteiger charge is 2.16. The van der Waals surface area contributed by atoms with Gasteiger partial charge < -0.3 is 5.73 Å². The van der Waals surface area contributed by atoms with E-state index in [9.17, 15) is 9.18 Å². The molecule has 0 unspecified atom stereocenters. The number of rotatable bonds is 2. The van der Waals surface area contributed by atoms with Crippen LogP contribution in [0.2, 0.25) is 0 Å². The Kier molecular flexibility index (Phi) is 2.91. The molecule has 0 aliphatic carbocycles. The van der Waals surface area contributed by atoms with Gasteiger partial charge in [0.1, 0.15) is 11.6 Å². The summed E-state index contributed by atoms with van der Waals surface area (Å²) in [5.74, 6) is -0.436. The van der Waals surface area contributed by atoms with E-state index in [1.807, 2.05) is 0 Å². The van der Waals surface area contributed by atoms with Crippen LogP contribution in [-0.4, -0.2) is 10.8 Å². The molecule has 2 N–H and O–H groups in total. The highest BCUT2D eigenvalue weighted by Crippen LogP contribution is 2.25. The number of aromatic nitrogens is 1. The second-order valence-corrected chi connectivity index (χ2v) is 4.41. The second kappa shape index (κ2) is 4.74. The smallest absolute Gasteiger partial charge is 0.197 e. The average Bonchev–Trinajstić information content (AvgIpc) is 2.48. The van der Waals surface area contributed by atoms with E-state index in [1.165, 1.54) is 18.3 Å². The number of nitrogens with zero attached hydrogens (tertiary/aromatic N) is 1. The second-order valence-electron chi connectivity index (χ2n) is 4.41. The zero-order valence-electron chi connectivity index (χ0n) is 10.5. The van der Waals surface area contributed by atoms with Gasteiger partial charge in [-0.2, -0.15) is 0 Å². The molecule has 3 rings (SSSR count). The molecule has 3 nitrogen and oxygen atoms in total. The molecule has 0 saturated heterocycles. The van der Waals surface area contributed by atoms with Crippen molar-refractivity contribution in [3.05, 3.63) is 71.7 Å². The van der Waals surface area contributed by atoms with E-state index in [-0.39, 0.29) is 17.4 Å². The van der Waals surface area contributed by atoms with Crippen molar-refractivity contribution in [2.24, 2.45) is 0 Å². The Labute approximate surface area is 114 Å². The molecule has 0 atom stereocenters. The Morgan fingerprint density at radius 2 is 1.70 bits per heavy atom. The molecule has 0 radical (unpaired) electrons.